The Labute approximate surface area is 83.1 Å². The molecule has 0 saturated carbocycles. The number of nitrogens with zero attached hydrogens (tertiary/aromatic N) is 1. The number of ether oxygens (including phenoxy) is 1. The van der Waals surface area contributed by atoms with E-state index in [0.29, 0.717) is 12.3 Å². The standard InChI is InChI=1S/C10H14N2O2/c1-2-3-7-14-10(13)9-8(11)5-4-6-12-9/h4-6H,2-3,7,11H2,1H3. The molecular weight excluding hydrogens is 180 g/mol. The summed E-state index contributed by atoms with van der Waals surface area (Å²) in [6.07, 6.45) is 3.37. The Hall–Kier alpha value is -1.58. The first-order valence-electron chi connectivity index (χ1n) is 4.63. The van der Waals surface area contributed by atoms with Crippen LogP contribution in [0, 0.1) is 0 Å². The quantitative estimate of drug-likeness (QED) is 0.584. The zero-order valence-corrected chi connectivity index (χ0v) is 8.19. The fourth-order valence-corrected chi connectivity index (χ4v) is 0.966. The summed E-state index contributed by atoms with van der Waals surface area (Å²) in [6, 6.07) is 3.31. The highest BCUT2D eigenvalue weighted by atomic mass is 16.5. The van der Waals surface area contributed by atoms with Gasteiger partial charge in [0.15, 0.2) is 5.69 Å². The van der Waals surface area contributed by atoms with Crippen LogP contribution in [0.3, 0.4) is 0 Å². The number of carbonyl (C=O) groups is 1. The van der Waals surface area contributed by atoms with Crippen LogP contribution in [0.25, 0.3) is 0 Å². The number of carbonyl (C=O) groups excluding carboxylic acids is 1. The molecule has 2 N–H and O–H groups in total. The van der Waals surface area contributed by atoms with Gasteiger partial charge in [-0.3, -0.25) is 0 Å². The van der Waals surface area contributed by atoms with E-state index in [0.717, 1.165) is 12.8 Å². The number of unbranched alkanes of at least 4 members (excludes halogenated alkanes) is 1. The molecule has 1 heterocycles. The summed E-state index contributed by atoms with van der Waals surface area (Å²) in [5.74, 6) is -0.448. The highest BCUT2D eigenvalue weighted by Gasteiger charge is 2.11. The van der Waals surface area contributed by atoms with Crippen molar-refractivity contribution in [2.45, 2.75) is 19.8 Å². The van der Waals surface area contributed by atoms with Gasteiger partial charge in [-0.2, -0.15) is 0 Å². The Morgan fingerprint density at radius 2 is 2.43 bits per heavy atom. The van der Waals surface area contributed by atoms with Crippen molar-refractivity contribution in [3.05, 3.63) is 24.0 Å². The van der Waals surface area contributed by atoms with Crippen LogP contribution in [0.4, 0.5) is 5.69 Å². The zero-order chi connectivity index (χ0) is 10.4. The topological polar surface area (TPSA) is 65.2 Å². The van der Waals surface area contributed by atoms with E-state index in [-0.39, 0.29) is 5.69 Å². The lowest BCUT2D eigenvalue weighted by atomic mass is 10.3. The fraction of sp³-hybridized carbons (Fsp3) is 0.400. The van der Waals surface area contributed by atoms with Crippen LogP contribution < -0.4 is 5.73 Å². The third kappa shape index (κ3) is 2.73. The Morgan fingerprint density at radius 3 is 3.07 bits per heavy atom. The minimum atomic E-state index is -0.448. The van der Waals surface area contributed by atoms with Crippen LogP contribution in [-0.4, -0.2) is 17.6 Å². The molecule has 0 aliphatic carbocycles. The molecule has 14 heavy (non-hydrogen) atoms. The molecule has 4 heteroatoms. The molecule has 1 aromatic rings. The van der Waals surface area contributed by atoms with Crippen LogP contribution in [-0.2, 0) is 4.74 Å². The van der Waals surface area contributed by atoms with Gasteiger partial charge in [0.1, 0.15) is 0 Å². The Kier molecular flexibility index (Phi) is 3.91. The monoisotopic (exact) mass is 194 g/mol. The number of nitrogen functional groups attached to an aromatic ring is 1. The number of pyridine rings is 1. The maximum atomic E-state index is 11.4. The molecule has 0 spiro atoms. The first kappa shape index (κ1) is 10.5. The third-order valence-corrected chi connectivity index (χ3v) is 1.76. The maximum Gasteiger partial charge on any atom is 0.359 e. The predicted molar refractivity (Wildman–Crippen MR) is 53.8 cm³/mol. The predicted octanol–water partition coefficient (Wildman–Crippen LogP) is 1.62. The van der Waals surface area contributed by atoms with E-state index in [4.69, 9.17) is 10.5 Å². The van der Waals surface area contributed by atoms with Gasteiger partial charge < -0.3 is 10.5 Å². The van der Waals surface area contributed by atoms with E-state index in [1.165, 1.54) is 6.20 Å². The number of anilines is 1. The zero-order valence-electron chi connectivity index (χ0n) is 8.19. The van der Waals surface area contributed by atoms with E-state index < -0.39 is 5.97 Å². The summed E-state index contributed by atoms with van der Waals surface area (Å²) in [4.78, 5) is 15.2. The van der Waals surface area contributed by atoms with Crippen LogP contribution in [0.5, 0.6) is 0 Å². The Morgan fingerprint density at radius 1 is 1.64 bits per heavy atom. The van der Waals surface area contributed by atoms with Crippen molar-refractivity contribution < 1.29 is 9.53 Å². The van der Waals surface area contributed by atoms with Gasteiger partial charge in [0, 0.05) is 6.20 Å². The number of aromatic nitrogens is 1. The van der Waals surface area contributed by atoms with Gasteiger partial charge in [-0.15, -0.1) is 0 Å². The van der Waals surface area contributed by atoms with Crippen molar-refractivity contribution in [1.29, 1.82) is 0 Å². The number of rotatable bonds is 4. The second kappa shape index (κ2) is 5.21. The molecule has 0 aliphatic rings. The number of hydrogen-bond acceptors (Lipinski definition) is 4. The molecule has 0 unspecified atom stereocenters. The minimum Gasteiger partial charge on any atom is -0.461 e. The van der Waals surface area contributed by atoms with E-state index >= 15 is 0 Å². The van der Waals surface area contributed by atoms with Crippen LogP contribution >= 0.6 is 0 Å². The number of nitrogens with two attached hydrogens (primary N) is 1. The van der Waals surface area contributed by atoms with Gasteiger partial charge in [0.05, 0.1) is 12.3 Å². The van der Waals surface area contributed by atoms with Crippen molar-refractivity contribution in [3.63, 3.8) is 0 Å². The molecule has 0 fully saturated rings. The molecule has 0 saturated heterocycles. The van der Waals surface area contributed by atoms with E-state index in [2.05, 4.69) is 4.98 Å². The van der Waals surface area contributed by atoms with Crippen molar-refractivity contribution in [3.8, 4) is 0 Å². The summed E-state index contributed by atoms with van der Waals surface area (Å²) in [6.45, 7) is 2.45. The highest BCUT2D eigenvalue weighted by molar-refractivity contribution is 5.92. The number of esters is 1. The average Bonchev–Trinajstić information content (AvgIpc) is 2.18. The van der Waals surface area contributed by atoms with E-state index in [9.17, 15) is 4.79 Å². The molecular formula is C10H14N2O2. The van der Waals surface area contributed by atoms with Gasteiger partial charge >= 0.3 is 5.97 Å². The lowest BCUT2D eigenvalue weighted by Gasteiger charge is -2.04. The maximum absolute atomic E-state index is 11.4. The summed E-state index contributed by atoms with van der Waals surface area (Å²) >= 11 is 0. The van der Waals surface area contributed by atoms with Crippen LogP contribution in [0.1, 0.15) is 30.3 Å². The first-order valence-corrected chi connectivity index (χ1v) is 4.63. The van der Waals surface area contributed by atoms with E-state index in [1.807, 2.05) is 6.92 Å². The molecule has 0 aliphatic heterocycles. The van der Waals surface area contributed by atoms with Crippen molar-refractivity contribution >= 4 is 11.7 Å². The lowest BCUT2D eigenvalue weighted by Crippen LogP contribution is -2.10. The molecule has 1 aromatic heterocycles. The second-order valence-corrected chi connectivity index (χ2v) is 2.93. The van der Waals surface area contributed by atoms with Gasteiger partial charge in [-0.05, 0) is 18.6 Å². The van der Waals surface area contributed by atoms with Gasteiger partial charge in [-0.1, -0.05) is 13.3 Å². The van der Waals surface area contributed by atoms with Crippen LogP contribution in [0.15, 0.2) is 18.3 Å². The van der Waals surface area contributed by atoms with Crippen LogP contribution in [0.2, 0.25) is 0 Å². The van der Waals surface area contributed by atoms with Gasteiger partial charge in [-0.25, -0.2) is 9.78 Å². The molecule has 76 valence electrons. The lowest BCUT2D eigenvalue weighted by molar-refractivity contribution is 0.0494. The second-order valence-electron chi connectivity index (χ2n) is 2.93. The van der Waals surface area contributed by atoms with Gasteiger partial charge in [0.25, 0.3) is 0 Å². The summed E-state index contributed by atoms with van der Waals surface area (Å²) in [5.41, 5.74) is 6.12. The first-order chi connectivity index (χ1) is 6.75. The molecule has 0 bridgehead atoms. The molecule has 0 radical (unpaired) electrons. The van der Waals surface area contributed by atoms with Crippen molar-refractivity contribution in [2.24, 2.45) is 0 Å². The van der Waals surface area contributed by atoms with Gasteiger partial charge in [0.2, 0.25) is 0 Å². The summed E-state index contributed by atoms with van der Waals surface area (Å²) in [5, 5.41) is 0. The normalized spacial score (nSPS) is 9.79. The third-order valence-electron chi connectivity index (χ3n) is 1.76. The average molecular weight is 194 g/mol. The Balaban J connectivity index is 2.56. The summed E-state index contributed by atoms with van der Waals surface area (Å²) in [7, 11) is 0. The largest absolute Gasteiger partial charge is 0.461 e. The highest BCUT2D eigenvalue weighted by Crippen LogP contribution is 2.08. The van der Waals surface area contributed by atoms with Crippen molar-refractivity contribution in [1.82, 2.24) is 4.98 Å². The van der Waals surface area contributed by atoms with Crippen molar-refractivity contribution in [2.75, 3.05) is 12.3 Å². The number of hydrogen-bond donors (Lipinski definition) is 1. The smallest absolute Gasteiger partial charge is 0.359 e. The SMILES string of the molecule is CCCCOC(=O)c1ncccc1N. The molecule has 0 aromatic carbocycles. The molecule has 0 amide bonds. The molecule has 1 rings (SSSR count). The molecule has 0 atom stereocenters. The van der Waals surface area contributed by atoms with E-state index in [1.54, 1.807) is 12.1 Å². The minimum absolute atomic E-state index is 0.198. The Bertz CT molecular complexity index is 313. The summed E-state index contributed by atoms with van der Waals surface area (Å²) < 4.78 is 4.97. The fourth-order valence-electron chi connectivity index (χ4n) is 0.966. The molecule has 4 nitrogen and oxygen atoms in total.